The number of hydrogen-bond donors (Lipinski definition) is 1. The summed E-state index contributed by atoms with van der Waals surface area (Å²) >= 11 is 2.13. The van der Waals surface area contributed by atoms with Gasteiger partial charge in [0.05, 0.1) is 0 Å². The van der Waals surface area contributed by atoms with Crippen LogP contribution in [0.1, 0.15) is 59.3 Å². The average Bonchev–Trinajstić information content (AvgIpc) is 2.91. The average molecular weight is 285 g/mol. The Hall–Kier alpha value is 0.270. The van der Waals surface area contributed by atoms with E-state index < -0.39 is 0 Å². The third kappa shape index (κ3) is 3.30. The molecule has 1 N–H and O–H groups in total. The fraction of sp³-hybridized carbons (Fsp3) is 1.00. The third-order valence-electron chi connectivity index (χ3n) is 5.69. The van der Waals surface area contributed by atoms with Crippen LogP contribution in [0.15, 0.2) is 0 Å². The van der Waals surface area contributed by atoms with Crippen LogP contribution in [0.4, 0.5) is 0 Å². The van der Waals surface area contributed by atoms with Crippen molar-refractivity contribution in [1.29, 1.82) is 0 Å². The van der Waals surface area contributed by atoms with Crippen LogP contribution >= 0.6 is 11.8 Å². The molecule has 112 valence electrons. The van der Waals surface area contributed by atoms with Gasteiger partial charge in [-0.2, -0.15) is 11.8 Å². The van der Waals surface area contributed by atoms with E-state index in [4.69, 9.17) is 0 Å². The molecule has 3 heteroatoms. The zero-order chi connectivity index (χ0) is 13.9. The lowest BCUT2D eigenvalue weighted by Crippen LogP contribution is -2.64. The summed E-state index contributed by atoms with van der Waals surface area (Å²) in [5.74, 6) is 0. The van der Waals surface area contributed by atoms with Gasteiger partial charge in [-0.1, -0.05) is 26.7 Å². The van der Waals surface area contributed by atoms with Gasteiger partial charge in [-0.05, 0) is 38.9 Å². The highest BCUT2D eigenvalue weighted by Crippen LogP contribution is 2.41. The Balaban J connectivity index is 2.04. The van der Waals surface area contributed by atoms with Crippen molar-refractivity contribution in [2.75, 3.05) is 25.9 Å². The maximum absolute atomic E-state index is 3.82. The molecule has 1 atom stereocenters. The standard InChI is InChI=1S/C16H32N2S/c1-5-15(6-2)12-18(14(3)11-17-15)13-16(19-4)9-7-8-10-16/h14,17H,5-13H2,1-4H3. The van der Waals surface area contributed by atoms with E-state index in [0.29, 0.717) is 16.3 Å². The van der Waals surface area contributed by atoms with Crippen molar-refractivity contribution in [2.45, 2.75) is 75.6 Å². The van der Waals surface area contributed by atoms with Crippen LogP contribution in [-0.4, -0.2) is 47.1 Å². The van der Waals surface area contributed by atoms with Gasteiger partial charge in [-0.3, -0.25) is 4.90 Å². The van der Waals surface area contributed by atoms with Gasteiger partial charge in [0.1, 0.15) is 0 Å². The summed E-state index contributed by atoms with van der Waals surface area (Å²) in [6.45, 7) is 10.8. The molecule has 1 saturated carbocycles. The normalized spacial score (nSPS) is 30.6. The van der Waals surface area contributed by atoms with E-state index in [9.17, 15) is 0 Å². The largest absolute Gasteiger partial charge is 0.308 e. The molecule has 1 aliphatic heterocycles. The molecule has 0 aromatic heterocycles. The molecule has 1 aliphatic carbocycles. The van der Waals surface area contributed by atoms with Gasteiger partial charge in [0.2, 0.25) is 0 Å². The van der Waals surface area contributed by atoms with E-state index in [0.717, 1.165) is 6.54 Å². The molecule has 0 amide bonds. The van der Waals surface area contributed by atoms with E-state index in [1.165, 1.54) is 51.6 Å². The fourth-order valence-electron chi connectivity index (χ4n) is 3.85. The monoisotopic (exact) mass is 284 g/mol. The van der Waals surface area contributed by atoms with E-state index in [1.807, 2.05) is 0 Å². The van der Waals surface area contributed by atoms with Crippen LogP contribution in [0.25, 0.3) is 0 Å². The van der Waals surface area contributed by atoms with Crippen LogP contribution in [0.5, 0.6) is 0 Å². The Morgan fingerprint density at radius 2 is 1.84 bits per heavy atom. The first-order chi connectivity index (χ1) is 9.09. The molecule has 1 unspecified atom stereocenters. The molecule has 0 aromatic rings. The summed E-state index contributed by atoms with van der Waals surface area (Å²) in [5.41, 5.74) is 0.366. The molecular formula is C16H32N2S. The molecule has 2 rings (SSSR count). The second-order valence-corrected chi connectivity index (χ2v) is 7.99. The van der Waals surface area contributed by atoms with Crippen molar-refractivity contribution in [3.63, 3.8) is 0 Å². The Labute approximate surface area is 124 Å². The Morgan fingerprint density at radius 1 is 1.21 bits per heavy atom. The van der Waals surface area contributed by atoms with E-state index in [-0.39, 0.29) is 0 Å². The maximum Gasteiger partial charge on any atom is 0.0304 e. The number of thioether (sulfide) groups is 1. The van der Waals surface area contributed by atoms with Crippen molar-refractivity contribution >= 4 is 11.8 Å². The zero-order valence-electron chi connectivity index (χ0n) is 13.3. The van der Waals surface area contributed by atoms with Crippen molar-refractivity contribution in [1.82, 2.24) is 10.2 Å². The first-order valence-electron chi connectivity index (χ1n) is 8.13. The lowest BCUT2D eigenvalue weighted by molar-refractivity contribution is 0.0724. The van der Waals surface area contributed by atoms with Gasteiger partial charge in [-0.15, -0.1) is 0 Å². The van der Waals surface area contributed by atoms with Gasteiger partial charge in [0.25, 0.3) is 0 Å². The number of nitrogens with zero attached hydrogens (tertiary/aromatic N) is 1. The zero-order valence-corrected chi connectivity index (χ0v) is 14.1. The molecule has 1 saturated heterocycles. The van der Waals surface area contributed by atoms with Gasteiger partial charge in [0, 0.05) is 36.0 Å². The highest BCUT2D eigenvalue weighted by molar-refractivity contribution is 8.00. The van der Waals surface area contributed by atoms with Crippen LogP contribution in [-0.2, 0) is 0 Å². The number of nitrogens with one attached hydrogen (secondary N) is 1. The Kier molecular flexibility index (Phi) is 5.24. The first-order valence-corrected chi connectivity index (χ1v) is 9.35. The quantitative estimate of drug-likeness (QED) is 0.831. The topological polar surface area (TPSA) is 15.3 Å². The summed E-state index contributed by atoms with van der Waals surface area (Å²) in [7, 11) is 0. The van der Waals surface area contributed by atoms with Gasteiger partial charge < -0.3 is 5.32 Å². The molecule has 19 heavy (non-hydrogen) atoms. The lowest BCUT2D eigenvalue weighted by atomic mass is 9.88. The molecule has 0 spiro atoms. The second-order valence-electron chi connectivity index (χ2n) is 6.72. The Morgan fingerprint density at radius 3 is 2.37 bits per heavy atom. The van der Waals surface area contributed by atoms with Crippen molar-refractivity contribution in [2.24, 2.45) is 0 Å². The molecule has 1 heterocycles. The number of hydrogen-bond acceptors (Lipinski definition) is 3. The molecule has 2 fully saturated rings. The summed E-state index contributed by atoms with van der Waals surface area (Å²) < 4.78 is 0.554. The predicted octanol–water partition coefficient (Wildman–Crippen LogP) is 3.51. The van der Waals surface area contributed by atoms with Crippen LogP contribution < -0.4 is 5.32 Å². The van der Waals surface area contributed by atoms with Crippen molar-refractivity contribution < 1.29 is 0 Å². The molecule has 0 radical (unpaired) electrons. The van der Waals surface area contributed by atoms with E-state index in [2.05, 4.69) is 49.0 Å². The smallest absolute Gasteiger partial charge is 0.0304 e. The number of rotatable bonds is 5. The lowest BCUT2D eigenvalue weighted by Gasteiger charge is -2.49. The highest BCUT2D eigenvalue weighted by Gasteiger charge is 2.40. The van der Waals surface area contributed by atoms with Crippen LogP contribution in [0.3, 0.4) is 0 Å². The van der Waals surface area contributed by atoms with Crippen LogP contribution in [0.2, 0.25) is 0 Å². The molecule has 2 aliphatic rings. The number of piperazine rings is 1. The SMILES string of the molecule is CCC1(CC)CN(CC2(SC)CCCC2)C(C)CN1. The second kappa shape index (κ2) is 6.36. The summed E-state index contributed by atoms with van der Waals surface area (Å²) in [6.07, 6.45) is 10.6. The first kappa shape index (κ1) is 15.7. The maximum atomic E-state index is 3.82. The van der Waals surface area contributed by atoms with Gasteiger partial charge >= 0.3 is 0 Å². The van der Waals surface area contributed by atoms with Crippen LogP contribution in [0, 0.1) is 0 Å². The third-order valence-corrected chi connectivity index (χ3v) is 7.10. The summed E-state index contributed by atoms with van der Waals surface area (Å²) in [5, 5.41) is 3.82. The van der Waals surface area contributed by atoms with Gasteiger partial charge in [0.15, 0.2) is 0 Å². The molecule has 0 aromatic carbocycles. The Bertz CT molecular complexity index is 282. The highest BCUT2D eigenvalue weighted by atomic mass is 32.2. The van der Waals surface area contributed by atoms with Crippen molar-refractivity contribution in [3.05, 3.63) is 0 Å². The van der Waals surface area contributed by atoms with Crippen molar-refractivity contribution in [3.8, 4) is 0 Å². The molecule has 2 nitrogen and oxygen atoms in total. The van der Waals surface area contributed by atoms with Gasteiger partial charge in [-0.25, -0.2) is 0 Å². The minimum absolute atomic E-state index is 0.366. The minimum Gasteiger partial charge on any atom is -0.308 e. The molecule has 0 bridgehead atoms. The van der Waals surface area contributed by atoms with E-state index >= 15 is 0 Å². The summed E-state index contributed by atoms with van der Waals surface area (Å²) in [6, 6.07) is 0.691. The van der Waals surface area contributed by atoms with E-state index in [1.54, 1.807) is 0 Å². The fourth-order valence-corrected chi connectivity index (χ4v) is 4.84. The minimum atomic E-state index is 0.366. The molecular weight excluding hydrogens is 252 g/mol. The predicted molar refractivity (Wildman–Crippen MR) is 87.1 cm³/mol. The summed E-state index contributed by atoms with van der Waals surface area (Å²) in [4.78, 5) is 2.78.